The molecule has 0 bridgehead atoms. The van der Waals surface area contributed by atoms with Gasteiger partial charge in [-0.3, -0.25) is 4.99 Å². The van der Waals surface area contributed by atoms with Gasteiger partial charge in [-0.25, -0.2) is 0 Å². The summed E-state index contributed by atoms with van der Waals surface area (Å²) in [7, 11) is 0. The lowest BCUT2D eigenvalue weighted by Gasteiger charge is -2.10. The van der Waals surface area contributed by atoms with Crippen LogP contribution < -0.4 is 0 Å². The summed E-state index contributed by atoms with van der Waals surface area (Å²) >= 11 is 3.53. The summed E-state index contributed by atoms with van der Waals surface area (Å²) < 4.78 is 3.40. The van der Waals surface area contributed by atoms with Gasteiger partial charge in [-0.1, -0.05) is 35.0 Å². The highest BCUT2D eigenvalue weighted by molar-refractivity contribution is 9.10. The number of rotatable bonds is 4. The summed E-state index contributed by atoms with van der Waals surface area (Å²) in [6.45, 7) is 8.55. The Labute approximate surface area is 158 Å². The molecule has 0 aliphatic heterocycles. The third-order valence-corrected chi connectivity index (χ3v) is 5.46. The molecule has 0 atom stereocenters. The van der Waals surface area contributed by atoms with Crippen molar-refractivity contribution in [3.63, 3.8) is 0 Å². The Hall–Kier alpha value is -2.13. The fraction of sp³-hybridized carbons (Fsp3) is 0.227. The van der Waals surface area contributed by atoms with Crippen LogP contribution in [0.5, 0.6) is 0 Å². The fourth-order valence-electron chi connectivity index (χ4n) is 3.05. The zero-order valence-corrected chi connectivity index (χ0v) is 16.8. The smallest absolute Gasteiger partial charge is 0.0633 e. The number of halogens is 1. The van der Waals surface area contributed by atoms with Crippen LogP contribution in [0, 0.1) is 20.8 Å². The standard InChI is InChI=1S/C22H23BrN2/c1-5-18-6-9-21(10-7-18)25-16(3)13-19(17(25)4)14-24-20-8-11-22(23)15(2)12-20/h6-14H,5H2,1-4H3. The van der Waals surface area contributed by atoms with Crippen molar-refractivity contribution >= 4 is 27.8 Å². The molecule has 25 heavy (non-hydrogen) atoms. The molecule has 0 saturated carbocycles. The van der Waals surface area contributed by atoms with E-state index in [9.17, 15) is 0 Å². The van der Waals surface area contributed by atoms with E-state index in [1.54, 1.807) is 0 Å². The number of aryl methyl sites for hydroxylation is 3. The average molecular weight is 395 g/mol. The van der Waals surface area contributed by atoms with Crippen molar-refractivity contribution in [3.8, 4) is 5.69 Å². The monoisotopic (exact) mass is 394 g/mol. The molecule has 3 rings (SSSR count). The van der Waals surface area contributed by atoms with Gasteiger partial charge in [0, 0.05) is 33.3 Å². The number of hydrogen-bond acceptors (Lipinski definition) is 1. The number of aliphatic imine (C=N–C) groups is 1. The molecule has 0 N–H and O–H groups in total. The van der Waals surface area contributed by atoms with Gasteiger partial charge in [0.2, 0.25) is 0 Å². The summed E-state index contributed by atoms with van der Waals surface area (Å²) in [4.78, 5) is 4.66. The maximum atomic E-state index is 4.66. The molecule has 1 aromatic heterocycles. The minimum absolute atomic E-state index is 0.970. The Bertz CT molecular complexity index is 918. The van der Waals surface area contributed by atoms with Gasteiger partial charge in [0.1, 0.15) is 0 Å². The maximum Gasteiger partial charge on any atom is 0.0633 e. The van der Waals surface area contributed by atoms with Crippen LogP contribution in [-0.2, 0) is 6.42 Å². The first-order chi connectivity index (χ1) is 12.0. The topological polar surface area (TPSA) is 17.3 Å². The van der Waals surface area contributed by atoms with Crippen molar-refractivity contribution in [2.45, 2.75) is 34.1 Å². The van der Waals surface area contributed by atoms with E-state index in [4.69, 9.17) is 0 Å². The second kappa shape index (κ2) is 7.40. The summed E-state index contributed by atoms with van der Waals surface area (Å²) in [5.74, 6) is 0. The molecule has 0 fully saturated rings. The Morgan fingerprint density at radius 2 is 1.72 bits per heavy atom. The highest BCUT2D eigenvalue weighted by Gasteiger charge is 2.09. The van der Waals surface area contributed by atoms with Crippen molar-refractivity contribution < 1.29 is 0 Å². The average Bonchev–Trinajstić information content (AvgIpc) is 2.90. The molecule has 0 aliphatic rings. The molecule has 0 radical (unpaired) electrons. The van der Waals surface area contributed by atoms with Crippen LogP contribution in [0.4, 0.5) is 5.69 Å². The Balaban J connectivity index is 1.93. The van der Waals surface area contributed by atoms with E-state index < -0.39 is 0 Å². The van der Waals surface area contributed by atoms with Gasteiger partial charge >= 0.3 is 0 Å². The first-order valence-electron chi connectivity index (χ1n) is 8.58. The van der Waals surface area contributed by atoms with Crippen molar-refractivity contribution in [2.24, 2.45) is 4.99 Å². The zero-order chi connectivity index (χ0) is 18.0. The van der Waals surface area contributed by atoms with Crippen LogP contribution in [0.25, 0.3) is 5.69 Å². The van der Waals surface area contributed by atoms with E-state index >= 15 is 0 Å². The predicted octanol–water partition coefficient (Wildman–Crippen LogP) is 6.48. The molecular weight excluding hydrogens is 372 g/mol. The Morgan fingerprint density at radius 3 is 2.36 bits per heavy atom. The molecule has 0 aliphatic carbocycles. The van der Waals surface area contributed by atoms with Crippen molar-refractivity contribution in [3.05, 3.63) is 81.1 Å². The van der Waals surface area contributed by atoms with Gasteiger partial charge in [-0.15, -0.1) is 0 Å². The summed E-state index contributed by atoms with van der Waals surface area (Å²) in [5.41, 5.74) is 8.30. The van der Waals surface area contributed by atoms with E-state index in [1.807, 2.05) is 18.3 Å². The molecule has 3 aromatic rings. The molecule has 0 unspecified atom stereocenters. The SMILES string of the molecule is CCc1ccc(-n2c(C)cc(C=Nc3ccc(Br)c(C)c3)c2C)cc1. The van der Waals surface area contributed by atoms with E-state index in [1.165, 1.54) is 28.2 Å². The van der Waals surface area contributed by atoms with Gasteiger partial charge < -0.3 is 4.57 Å². The fourth-order valence-corrected chi connectivity index (χ4v) is 3.30. The second-order valence-corrected chi connectivity index (χ2v) is 7.23. The quantitative estimate of drug-likeness (QED) is 0.450. The molecule has 0 spiro atoms. The number of nitrogens with zero attached hydrogens (tertiary/aromatic N) is 2. The van der Waals surface area contributed by atoms with Crippen LogP contribution >= 0.6 is 15.9 Å². The van der Waals surface area contributed by atoms with Crippen LogP contribution in [0.3, 0.4) is 0 Å². The van der Waals surface area contributed by atoms with Gasteiger partial charge in [0.15, 0.2) is 0 Å². The molecule has 2 aromatic carbocycles. The zero-order valence-electron chi connectivity index (χ0n) is 15.2. The Kier molecular flexibility index (Phi) is 5.24. The summed E-state index contributed by atoms with van der Waals surface area (Å²) in [6, 6.07) is 17.1. The van der Waals surface area contributed by atoms with Crippen LogP contribution in [-0.4, -0.2) is 10.8 Å². The minimum Gasteiger partial charge on any atom is -0.318 e. The first-order valence-corrected chi connectivity index (χ1v) is 9.37. The molecule has 3 heteroatoms. The van der Waals surface area contributed by atoms with Crippen molar-refractivity contribution in [2.75, 3.05) is 0 Å². The normalized spacial score (nSPS) is 11.4. The van der Waals surface area contributed by atoms with Gasteiger partial charge in [0.25, 0.3) is 0 Å². The Morgan fingerprint density at radius 1 is 1.00 bits per heavy atom. The van der Waals surface area contributed by atoms with Gasteiger partial charge in [-0.05, 0) is 74.7 Å². The number of benzene rings is 2. The third kappa shape index (κ3) is 3.77. The highest BCUT2D eigenvalue weighted by atomic mass is 79.9. The molecule has 2 nitrogen and oxygen atoms in total. The highest BCUT2D eigenvalue weighted by Crippen LogP contribution is 2.24. The lowest BCUT2D eigenvalue weighted by molar-refractivity contribution is 0.962. The van der Waals surface area contributed by atoms with E-state index in [0.29, 0.717) is 0 Å². The minimum atomic E-state index is 0.970. The molecule has 1 heterocycles. The molecule has 128 valence electrons. The van der Waals surface area contributed by atoms with Crippen molar-refractivity contribution in [1.82, 2.24) is 4.57 Å². The lowest BCUT2D eigenvalue weighted by atomic mass is 10.1. The van der Waals surface area contributed by atoms with Crippen LogP contribution in [0.1, 0.15) is 35.0 Å². The number of aromatic nitrogens is 1. The molecular formula is C22H23BrN2. The third-order valence-electron chi connectivity index (χ3n) is 4.57. The van der Waals surface area contributed by atoms with E-state index in [-0.39, 0.29) is 0 Å². The van der Waals surface area contributed by atoms with E-state index in [2.05, 4.69) is 89.6 Å². The predicted molar refractivity (Wildman–Crippen MR) is 111 cm³/mol. The lowest BCUT2D eigenvalue weighted by Crippen LogP contribution is -1.99. The molecule has 0 amide bonds. The number of hydrogen-bond donors (Lipinski definition) is 0. The van der Waals surface area contributed by atoms with Gasteiger partial charge in [0.05, 0.1) is 5.69 Å². The second-order valence-electron chi connectivity index (χ2n) is 6.37. The van der Waals surface area contributed by atoms with Crippen molar-refractivity contribution in [1.29, 1.82) is 0 Å². The van der Waals surface area contributed by atoms with E-state index in [0.717, 1.165) is 22.1 Å². The van der Waals surface area contributed by atoms with Gasteiger partial charge in [-0.2, -0.15) is 0 Å². The maximum absolute atomic E-state index is 4.66. The first kappa shape index (κ1) is 17.7. The molecule has 0 saturated heterocycles. The van der Waals surface area contributed by atoms with Crippen LogP contribution in [0.15, 0.2) is 58.0 Å². The van der Waals surface area contributed by atoms with Crippen LogP contribution in [0.2, 0.25) is 0 Å². The largest absolute Gasteiger partial charge is 0.318 e. The summed E-state index contributed by atoms with van der Waals surface area (Å²) in [5, 5.41) is 0. The summed E-state index contributed by atoms with van der Waals surface area (Å²) in [6.07, 6.45) is 3.02.